The minimum Gasteiger partial charge on any atom is -0.507 e. The van der Waals surface area contributed by atoms with Gasteiger partial charge >= 0.3 is 0 Å². The van der Waals surface area contributed by atoms with E-state index in [9.17, 15) is 14.3 Å². The fraction of sp³-hybridized carbons (Fsp3) is 0.346. The molecule has 8 heteroatoms. The van der Waals surface area contributed by atoms with Crippen LogP contribution in [0.4, 0.5) is 14.5 Å². The van der Waals surface area contributed by atoms with Gasteiger partial charge in [0.25, 0.3) is 5.56 Å². The molecular formula is C26H29F2N3O3. The molecule has 1 aliphatic heterocycles. The third kappa shape index (κ3) is 4.83. The molecule has 1 aromatic heterocycles. The predicted octanol–water partition coefficient (Wildman–Crippen LogP) is 3.70. The molecule has 3 aromatic rings. The summed E-state index contributed by atoms with van der Waals surface area (Å²) in [6, 6.07) is 13.5. The second-order valence-corrected chi connectivity index (χ2v) is 8.46. The molecule has 1 fully saturated rings. The number of ether oxygens (including phenoxy) is 1. The van der Waals surface area contributed by atoms with Crippen molar-refractivity contribution in [2.24, 2.45) is 0 Å². The molecule has 0 radical (unpaired) electrons. The molecule has 0 unspecified atom stereocenters. The Morgan fingerprint density at radius 2 is 1.71 bits per heavy atom. The lowest BCUT2D eigenvalue weighted by Gasteiger charge is -2.40. The summed E-state index contributed by atoms with van der Waals surface area (Å²) < 4.78 is 35.0. The van der Waals surface area contributed by atoms with Crippen molar-refractivity contribution in [3.8, 4) is 5.75 Å². The van der Waals surface area contributed by atoms with Crippen molar-refractivity contribution in [1.29, 1.82) is 0 Å². The Kier molecular flexibility index (Phi) is 7.29. The van der Waals surface area contributed by atoms with Crippen LogP contribution in [-0.4, -0.2) is 54.5 Å². The molecule has 2 aromatic carbocycles. The van der Waals surface area contributed by atoms with E-state index in [0.29, 0.717) is 50.6 Å². The van der Waals surface area contributed by atoms with E-state index in [4.69, 9.17) is 4.74 Å². The van der Waals surface area contributed by atoms with Gasteiger partial charge in [0.05, 0.1) is 18.2 Å². The molecule has 6 nitrogen and oxygen atoms in total. The zero-order valence-electron chi connectivity index (χ0n) is 19.4. The van der Waals surface area contributed by atoms with Gasteiger partial charge in [-0.3, -0.25) is 9.69 Å². The Morgan fingerprint density at radius 1 is 1.03 bits per heavy atom. The highest BCUT2D eigenvalue weighted by atomic mass is 19.1. The van der Waals surface area contributed by atoms with Gasteiger partial charge in [-0.25, -0.2) is 8.78 Å². The van der Waals surface area contributed by atoms with Gasteiger partial charge in [0.2, 0.25) is 0 Å². The van der Waals surface area contributed by atoms with Gasteiger partial charge in [0, 0.05) is 56.8 Å². The predicted molar refractivity (Wildman–Crippen MR) is 127 cm³/mol. The summed E-state index contributed by atoms with van der Waals surface area (Å²) in [7, 11) is 1.56. The summed E-state index contributed by atoms with van der Waals surface area (Å²) in [5.74, 6) is -0.872. The number of hydrogen-bond donors (Lipinski definition) is 1. The number of benzene rings is 2. The second kappa shape index (κ2) is 10.4. The van der Waals surface area contributed by atoms with E-state index in [1.54, 1.807) is 55.0 Å². The molecule has 1 atom stereocenters. The van der Waals surface area contributed by atoms with E-state index >= 15 is 4.39 Å². The summed E-state index contributed by atoms with van der Waals surface area (Å²) in [6.07, 6.45) is 0. The van der Waals surface area contributed by atoms with Crippen LogP contribution < -0.4 is 10.5 Å². The SMILES string of the molecule is COCCn1c(C)cc(O)c([C@@H](c2ccccc2F)N2CCN(c3ccc(F)cc3)CC2)c1=O. The van der Waals surface area contributed by atoms with E-state index in [-0.39, 0.29) is 22.7 Å². The van der Waals surface area contributed by atoms with Crippen molar-refractivity contribution in [2.75, 3.05) is 44.8 Å². The maximum Gasteiger partial charge on any atom is 0.259 e. The normalized spacial score (nSPS) is 15.5. The number of piperazine rings is 1. The number of aromatic nitrogens is 1. The Hall–Kier alpha value is -3.23. The van der Waals surface area contributed by atoms with Gasteiger partial charge in [-0.1, -0.05) is 18.2 Å². The van der Waals surface area contributed by atoms with Gasteiger partial charge in [-0.2, -0.15) is 0 Å². The number of aryl methyl sites for hydroxylation is 1. The summed E-state index contributed by atoms with van der Waals surface area (Å²) in [4.78, 5) is 17.7. The van der Waals surface area contributed by atoms with Crippen molar-refractivity contribution in [3.63, 3.8) is 0 Å². The van der Waals surface area contributed by atoms with E-state index in [1.807, 2.05) is 4.90 Å². The van der Waals surface area contributed by atoms with Crippen LogP contribution in [0.3, 0.4) is 0 Å². The Bertz CT molecular complexity index is 1190. The quantitative estimate of drug-likeness (QED) is 0.572. The average Bonchev–Trinajstić information content (AvgIpc) is 2.83. The Balaban J connectivity index is 1.72. The van der Waals surface area contributed by atoms with Crippen LogP contribution in [-0.2, 0) is 11.3 Å². The number of rotatable bonds is 7. The average molecular weight is 470 g/mol. The van der Waals surface area contributed by atoms with E-state index in [2.05, 4.69) is 4.90 Å². The smallest absolute Gasteiger partial charge is 0.259 e. The molecule has 1 saturated heterocycles. The first-order valence-corrected chi connectivity index (χ1v) is 11.3. The number of methoxy groups -OCH3 is 1. The van der Waals surface area contributed by atoms with Crippen molar-refractivity contribution < 1.29 is 18.6 Å². The number of hydrogen-bond acceptors (Lipinski definition) is 5. The number of halogens is 2. The molecule has 180 valence electrons. The zero-order chi connectivity index (χ0) is 24.2. The fourth-order valence-corrected chi connectivity index (χ4v) is 4.61. The van der Waals surface area contributed by atoms with Crippen LogP contribution in [0.1, 0.15) is 22.9 Å². The van der Waals surface area contributed by atoms with Crippen molar-refractivity contribution in [2.45, 2.75) is 19.5 Å². The summed E-state index contributed by atoms with van der Waals surface area (Å²) >= 11 is 0. The lowest BCUT2D eigenvalue weighted by atomic mass is 9.95. The second-order valence-electron chi connectivity index (χ2n) is 8.46. The largest absolute Gasteiger partial charge is 0.507 e. The highest BCUT2D eigenvalue weighted by molar-refractivity contribution is 5.47. The van der Waals surface area contributed by atoms with Crippen molar-refractivity contribution >= 4 is 5.69 Å². The highest BCUT2D eigenvalue weighted by Crippen LogP contribution is 2.35. The fourth-order valence-electron chi connectivity index (χ4n) is 4.61. The number of nitrogens with zero attached hydrogens (tertiary/aromatic N) is 3. The molecule has 0 amide bonds. The van der Waals surface area contributed by atoms with Gasteiger partial charge in [-0.15, -0.1) is 0 Å². The molecule has 0 aliphatic carbocycles. The van der Waals surface area contributed by atoms with Crippen LogP contribution in [0, 0.1) is 18.6 Å². The first-order chi connectivity index (χ1) is 16.4. The van der Waals surface area contributed by atoms with Crippen LogP contribution in [0.15, 0.2) is 59.4 Å². The topological polar surface area (TPSA) is 57.9 Å². The summed E-state index contributed by atoms with van der Waals surface area (Å²) in [5, 5.41) is 10.9. The molecule has 0 saturated carbocycles. The van der Waals surface area contributed by atoms with Gasteiger partial charge in [0.15, 0.2) is 0 Å². The molecule has 1 aliphatic rings. The first kappa shape index (κ1) is 23.9. The standard InChI is InChI=1S/C26H29F2N3O3/c1-18-17-23(32)24(26(33)31(18)15-16-34-2)25(21-5-3-4-6-22(21)28)30-13-11-29(12-14-30)20-9-7-19(27)8-10-20/h3-10,17,25,32H,11-16H2,1-2H3/t25-/m1/s1. The van der Waals surface area contributed by atoms with Crippen LogP contribution >= 0.6 is 0 Å². The van der Waals surface area contributed by atoms with Crippen LogP contribution in [0.5, 0.6) is 5.75 Å². The monoisotopic (exact) mass is 469 g/mol. The molecule has 34 heavy (non-hydrogen) atoms. The maximum absolute atomic E-state index is 15.0. The van der Waals surface area contributed by atoms with E-state index in [0.717, 1.165) is 5.69 Å². The zero-order valence-corrected chi connectivity index (χ0v) is 19.4. The lowest BCUT2D eigenvalue weighted by Crippen LogP contribution is -2.49. The Labute approximate surface area is 197 Å². The van der Waals surface area contributed by atoms with E-state index < -0.39 is 11.9 Å². The Morgan fingerprint density at radius 3 is 2.35 bits per heavy atom. The lowest BCUT2D eigenvalue weighted by molar-refractivity contribution is 0.183. The molecular weight excluding hydrogens is 440 g/mol. The summed E-state index contributed by atoms with van der Waals surface area (Å²) in [5.41, 5.74) is 1.65. The first-order valence-electron chi connectivity index (χ1n) is 11.3. The highest BCUT2D eigenvalue weighted by Gasteiger charge is 2.33. The van der Waals surface area contributed by atoms with Gasteiger partial charge < -0.3 is 19.3 Å². The van der Waals surface area contributed by atoms with Crippen LogP contribution in [0.25, 0.3) is 0 Å². The maximum atomic E-state index is 15.0. The van der Waals surface area contributed by atoms with E-state index in [1.165, 1.54) is 18.2 Å². The third-order valence-electron chi connectivity index (χ3n) is 6.39. The van der Waals surface area contributed by atoms with Crippen molar-refractivity contribution in [1.82, 2.24) is 9.47 Å². The number of aromatic hydroxyl groups is 1. The van der Waals surface area contributed by atoms with Gasteiger partial charge in [-0.05, 0) is 43.3 Å². The van der Waals surface area contributed by atoms with Crippen LogP contribution in [0.2, 0.25) is 0 Å². The number of anilines is 1. The molecule has 0 bridgehead atoms. The minimum atomic E-state index is -0.751. The molecule has 0 spiro atoms. The third-order valence-corrected chi connectivity index (χ3v) is 6.39. The molecule has 2 heterocycles. The minimum absolute atomic E-state index is 0.148. The summed E-state index contributed by atoms with van der Waals surface area (Å²) in [6.45, 7) is 4.70. The number of pyridine rings is 1. The van der Waals surface area contributed by atoms with Crippen molar-refractivity contribution in [3.05, 3.63) is 93.4 Å². The molecule has 4 rings (SSSR count). The molecule has 1 N–H and O–H groups in total. The van der Waals surface area contributed by atoms with Gasteiger partial charge in [0.1, 0.15) is 17.4 Å².